The number of carbonyl (C=O) groups excluding carboxylic acids is 2. The molecule has 1 amide bonds. The fraction of sp³-hybridized carbons (Fsp3) is 0.118. The Kier molecular flexibility index (Phi) is 5.17. The molecule has 0 unspecified atom stereocenters. The van der Waals surface area contributed by atoms with Gasteiger partial charge in [-0.2, -0.15) is 11.3 Å². The molecular weight excluding hydrogens is 380 g/mol. The summed E-state index contributed by atoms with van der Waals surface area (Å²) in [4.78, 5) is 29.2. The number of anilines is 1. The van der Waals surface area contributed by atoms with E-state index in [9.17, 15) is 9.59 Å². The van der Waals surface area contributed by atoms with Crippen molar-refractivity contribution in [2.24, 2.45) is 0 Å². The summed E-state index contributed by atoms with van der Waals surface area (Å²) in [6.45, 7) is 1.79. The lowest BCUT2D eigenvalue weighted by Crippen LogP contribution is -2.13. The quantitative estimate of drug-likeness (QED) is 0.643. The monoisotopic (exact) mass is 392 g/mol. The molecule has 128 valence electrons. The molecule has 0 saturated heterocycles. The van der Waals surface area contributed by atoms with Crippen LogP contribution >= 0.6 is 34.3 Å². The van der Waals surface area contributed by atoms with Gasteiger partial charge in [-0.05, 0) is 36.6 Å². The average molecular weight is 393 g/mol. The summed E-state index contributed by atoms with van der Waals surface area (Å²) in [6, 6.07) is 6.53. The van der Waals surface area contributed by atoms with Gasteiger partial charge in [-0.1, -0.05) is 11.6 Å². The lowest BCUT2D eigenvalue weighted by atomic mass is 10.2. The maximum absolute atomic E-state index is 12.6. The van der Waals surface area contributed by atoms with E-state index in [1.165, 1.54) is 30.6 Å². The Labute approximate surface area is 157 Å². The number of aromatic nitrogens is 1. The highest BCUT2D eigenvalue weighted by molar-refractivity contribution is 7.17. The van der Waals surface area contributed by atoms with Crippen LogP contribution in [0.3, 0.4) is 0 Å². The van der Waals surface area contributed by atoms with Gasteiger partial charge in [0, 0.05) is 10.9 Å². The van der Waals surface area contributed by atoms with Crippen LogP contribution in [0.25, 0.3) is 10.6 Å². The first-order chi connectivity index (χ1) is 12.0. The number of hydrogen-bond acceptors (Lipinski definition) is 6. The van der Waals surface area contributed by atoms with Crippen molar-refractivity contribution >= 4 is 51.8 Å². The standard InChI is InChI=1S/C17H13ClN2O3S2/c1-9-14(25-16(19-9)11-5-6-24-8-11)15(21)20-13-7-10(17(22)23-2)3-4-12(13)18/h3-8H,1-2H3,(H,20,21). The van der Waals surface area contributed by atoms with Crippen LogP contribution < -0.4 is 5.32 Å². The summed E-state index contributed by atoms with van der Waals surface area (Å²) in [6.07, 6.45) is 0. The number of ether oxygens (including phenoxy) is 1. The van der Waals surface area contributed by atoms with Gasteiger partial charge in [-0.3, -0.25) is 4.79 Å². The summed E-state index contributed by atoms with van der Waals surface area (Å²) in [5.41, 5.74) is 2.29. The van der Waals surface area contributed by atoms with Gasteiger partial charge in [-0.15, -0.1) is 11.3 Å². The van der Waals surface area contributed by atoms with Crippen LogP contribution in [0.5, 0.6) is 0 Å². The summed E-state index contributed by atoms with van der Waals surface area (Å²) in [7, 11) is 1.29. The molecule has 25 heavy (non-hydrogen) atoms. The molecule has 0 aliphatic rings. The van der Waals surface area contributed by atoms with Gasteiger partial charge >= 0.3 is 5.97 Å². The SMILES string of the molecule is COC(=O)c1ccc(Cl)c(NC(=O)c2sc(-c3ccsc3)nc2C)c1. The fourth-order valence-electron chi connectivity index (χ4n) is 2.16. The molecule has 0 bridgehead atoms. The molecular formula is C17H13ClN2O3S2. The number of esters is 1. The summed E-state index contributed by atoms with van der Waals surface area (Å²) < 4.78 is 4.68. The molecule has 0 aliphatic carbocycles. The number of methoxy groups -OCH3 is 1. The largest absolute Gasteiger partial charge is 0.465 e. The second-order valence-corrected chi connectivity index (χ2v) is 7.27. The van der Waals surface area contributed by atoms with E-state index in [2.05, 4.69) is 15.0 Å². The molecule has 0 fully saturated rings. The normalized spacial score (nSPS) is 10.5. The Balaban J connectivity index is 1.87. The Bertz CT molecular complexity index is 936. The lowest BCUT2D eigenvalue weighted by molar-refractivity contribution is 0.0600. The molecule has 0 saturated carbocycles. The van der Waals surface area contributed by atoms with Crippen molar-refractivity contribution in [2.75, 3.05) is 12.4 Å². The molecule has 2 aromatic heterocycles. The number of carbonyl (C=O) groups is 2. The minimum absolute atomic E-state index is 0.308. The van der Waals surface area contributed by atoms with Crippen LogP contribution in [0, 0.1) is 6.92 Å². The van der Waals surface area contributed by atoms with Crippen LogP contribution in [0.2, 0.25) is 5.02 Å². The van der Waals surface area contributed by atoms with E-state index >= 15 is 0 Å². The Morgan fingerprint density at radius 1 is 1.28 bits per heavy atom. The highest BCUT2D eigenvalue weighted by Crippen LogP contribution is 2.31. The maximum Gasteiger partial charge on any atom is 0.337 e. The number of nitrogens with zero attached hydrogens (tertiary/aromatic N) is 1. The number of thiophene rings is 1. The summed E-state index contributed by atoms with van der Waals surface area (Å²) in [5.74, 6) is -0.818. The van der Waals surface area contributed by atoms with E-state index in [4.69, 9.17) is 11.6 Å². The number of benzene rings is 1. The Morgan fingerprint density at radius 3 is 2.76 bits per heavy atom. The van der Waals surface area contributed by atoms with Crippen LogP contribution in [0.1, 0.15) is 25.7 Å². The number of halogens is 1. The highest BCUT2D eigenvalue weighted by atomic mass is 35.5. The second kappa shape index (κ2) is 7.35. The number of amides is 1. The minimum Gasteiger partial charge on any atom is -0.465 e. The zero-order valence-electron chi connectivity index (χ0n) is 13.3. The van der Waals surface area contributed by atoms with Gasteiger partial charge in [-0.25, -0.2) is 9.78 Å². The molecule has 1 N–H and O–H groups in total. The van der Waals surface area contributed by atoms with Gasteiger partial charge < -0.3 is 10.1 Å². The van der Waals surface area contributed by atoms with E-state index < -0.39 is 5.97 Å². The predicted octanol–water partition coefficient (Wildman–Crippen LogP) is 4.87. The third-order valence-electron chi connectivity index (χ3n) is 3.41. The van der Waals surface area contributed by atoms with Gasteiger partial charge in [0.15, 0.2) is 0 Å². The molecule has 3 rings (SSSR count). The number of thiazole rings is 1. The second-order valence-electron chi connectivity index (χ2n) is 5.09. The van der Waals surface area contributed by atoms with Crippen molar-refractivity contribution in [3.8, 4) is 10.6 Å². The minimum atomic E-state index is -0.499. The van der Waals surface area contributed by atoms with Gasteiger partial charge in [0.25, 0.3) is 5.91 Å². The molecule has 8 heteroatoms. The molecule has 2 heterocycles. The number of rotatable bonds is 4. The lowest BCUT2D eigenvalue weighted by Gasteiger charge is -2.08. The van der Waals surface area contributed by atoms with Gasteiger partial charge in [0.2, 0.25) is 0 Å². The van der Waals surface area contributed by atoms with Crippen molar-refractivity contribution < 1.29 is 14.3 Å². The molecule has 1 aromatic carbocycles. The molecule has 5 nitrogen and oxygen atoms in total. The Hall–Kier alpha value is -2.22. The molecule has 0 aliphatic heterocycles. The van der Waals surface area contributed by atoms with Crippen molar-refractivity contribution in [2.45, 2.75) is 6.92 Å². The van der Waals surface area contributed by atoms with Crippen molar-refractivity contribution in [3.63, 3.8) is 0 Å². The van der Waals surface area contributed by atoms with Crippen LogP contribution in [-0.2, 0) is 4.74 Å². The van der Waals surface area contributed by atoms with E-state index in [1.807, 2.05) is 16.8 Å². The first kappa shape index (κ1) is 17.6. The van der Waals surface area contributed by atoms with E-state index in [1.54, 1.807) is 24.3 Å². The first-order valence-corrected chi connectivity index (χ1v) is 9.32. The van der Waals surface area contributed by atoms with E-state index in [0.29, 0.717) is 26.8 Å². The topological polar surface area (TPSA) is 68.3 Å². The van der Waals surface area contributed by atoms with Crippen molar-refractivity contribution in [1.82, 2.24) is 4.98 Å². The van der Waals surface area contributed by atoms with Crippen LogP contribution in [0.4, 0.5) is 5.69 Å². The number of nitrogens with one attached hydrogen (secondary N) is 1. The molecule has 0 spiro atoms. The molecule has 0 radical (unpaired) electrons. The van der Waals surface area contributed by atoms with Crippen molar-refractivity contribution in [1.29, 1.82) is 0 Å². The summed E-state index contributed by atoms with van der Waals surface area (Å²) in [5, 5.41) is 7.81. The summed E-state index contributed by atoms with van der Waals surface area (Å²) >= 11 is 9.01. The van der Waals surface area contributed by atoms with Crippen LogP contribution in [0.15, 0.2) is 35.0 Å². The van der Waals surface area contributed by atoms with E-state index in [-0.39, 0.29) is 5.91 Å². The zero-order valence-corrected chi connectivity index (χ0v) is 15.7. The maximum atomic E-state index is 12.6. The first-order valence-electron chi connectivity index (χ1n) is 7.19. The van der Waals surface area contributed by atoms with Gasteiger partial charge in [0.1, 0.15) is 9.88 Å². The van der Waals surface area contributed by atoms with Crippen LogP contribution in [-0.4, -0.2) is 24.0 Å². The molecule has 0 atom stereocenters. The Morgan fingerprint density at radius 2 is 2.08 bits per heavy atom. The average Bonchev–Trinajstić information content (AvgIpc) is 3.25. The van der Waals surface area contributed by atoms with E-state index in [0.717, 1.165) is 10.6 Å². The third-order valence-corrected chi connectivity index (χ3v) is 5.62. The highest BCUT2D eigenvalue weighted by Gasteiger charge is 2.18. The predicted molar refractivity (Wildman–Crippen MR) is 101 cm³/mol. The molecule has 3 aromatic rings. The van der Waals surface area contributed by atoms with Crippen molar-refractivity contribution in [3.05, 3.63) is 56.2 Å². The number of aryl methyl sites for hydroxylation is 1. The number of hydrogen-bond donors (Lipinski definition) is 1. The third kappa shape index (κ3) is 3.73. The fourth-order valence-corrected chi connectivity index (χ4v) is 4.00. The smallest absolute Gasteiger partial charge is 0.337 e. The van der Waals surface area contributed by atoms with Gasteiger partial charge in [0.05, 0.1) is 29.1 Å². The zero-order chi connectivity index (χ0) is 18.0.